The highest BCUT2D eigenvalue weighted by Crippen LogP contribution is 2.12. The van der Waals surface area contributed by atoms with Crippen molar-refractivity contribution in [3.05, 3.63) is 0 Å². The first-order chi connectivity index (χ1) is 8.68. The van der Waals surface area contributed by atoms with Crippen LogP contribution >= 0.6 is 0 Å². The number of hydrogen-bond acceptors (Lipinski definition) is 4. The maximum absolute atomic E-state index is 11.4. The fourth-order valence-corrected chi connectivity index (χ4v) is 1.65. The molecular weight excluding hydrogens is 240 g/mol. The van der Waals surface area contributed by atoms with E-state index in [4.69, 9.17) is 14.6 Å². The average molecular weight is 260 g/mol. The number of carboxylic acid groups (broad SMARTS) is 1. The molecule has 1 saturated heterocycles. The van der Waals surface area contributed by atoms with Gasteiger partial charge in [0.25, 0.3) is 0 Å². The third-order valence-corrected chi connectivity index (χ3v) is 2.65. The Hall–Kier alpha value is -1.34. The summed E-state index contributed by atoms with van der Waals surface area (Å²) in [6.07, 6.45) is 1.95. The zero-order valence-electron chi connectivity index (χ0n) is 10.3. The number of aliphatic carboxylic acids is 1. The number of amides is 2. The molecule has 0 spiro atoms. The Morgan fingerprint density at radius 1 is 1.28 bits per heavy atom. The van der Waals surface area contributed by atoms with E-state index in [1.54, 1.807) is 0 Å². The molecule has 1 aliphatic rings. The van der Waals surface area contributed by atoms with Gasteiger partial charge in [0.05, 0.1) is 6.61 Å². The van der Waals surface area contributed by atoms with Crippen LogP contribution in [0.4, 0.5) is 4.79 Å². The number of carboxylic acids is 1. The predicted molar refractivity (Wildman–Crippen MR) is 63.4 cm³/mol. The molecule has 7 nitrogen and oxygen atoms in total. The molecule has 0 aromatic carbocycles. The van der Waals surface area contributed by atoms with Crippen molar-refractivity contribution >= 4 is 12.0 Å². The molecule has 7 heteroatoms. The van der Waals surface area contributed by atoms with Crippen LogP contribution in [0.2, 0.25) is 0 Å². The minimum absolute atomic E-state index is 0.191. The van der Waals surface area contributed by atoms with E-state index in [0.29, 0.717) is 19.0 Å². The summed E-state index contributed by atoms with van der Waals surface area (Å²) in [6, 6.07) is -0.250. The second kappa shape index (κ2) is 8.71. The van der Waals surface area contributed by atoms with E-state index >= 15 is 0 Å². The Morgan fingerprint density at radius 3 is 2.67 bits per heavy atom. The monoisotopic (exact) mass is 260 g/mol. The van der Waals surface area contributed by atoms with Crippen LogP contribution in [0.15, 0.2) is 0 Å². The number of rotatable bonds is 7. The molecular formula is C11H20N2O5. The van der Waals surface area contributed by atoms with Crippen LogP contribution in [0, 0.1) is 5.92 Å². The quantitative estimate of drug-likeness (QED) is 0.551. The maximum atomic E-state index is 11.4. The fourth-order valence-electron chi connectivity index (χ4n) is 1.65. The fraction of sp³-hybridized carbons (Fsp3) is 0.818. The van der Waals surface area contributed by atoms with Crippen molar-refractivity contribution in [3.8, 4) is 0 Å². The van der Waals surface area contributed by atoms with E-state index in [-0.39, 0.29) is 19.2 Å². The van der Waals surface area contributed by atoms with Crippen molar-refractivity contribution < 1.29 is 24.2 Å². The molecule has 18 heavy (non-hydrogen) atoms. The second-order valence-electron chi connectivity index (χ2n) is 4.14. The van der Waals surface area contributed by atoms with Crippen LogP contribution in [0.25, 0.3) is 0 Å². The lowest BCUT2D eigenvalue weighted by atomic mass is 10.0. The lowest BCUT2D eigenvalue weighted by molar-refractivity contribution is -0.142. The Bertz CT molecular complexity index is 266. The summed E-state index contributed by atoms with van der Waals surface area (Å²) < 4.78 is 10.0. The molecule has 2 amide bonds. The van der Waals surface area contributed by atoms with Gasteiger partial charge in [0.1, 0.15) is 6.61 Å². The summed E-state index contributed by atoms with van der Waals surface area (Å²) in [6.45, 7) is 2.31. The van der Waals surface area contributed by atoms with E-state index in [1.165, 1.54) is 0 Å². The first kappa shape index (κ1) is 14.7. The second-order valence-corrected chi connectivity index (χ2v) is 4.14. The van der Waals surface area contributed by atoms with E-state index in [9.17, 15) is 9.59 Å². The number of hydrogen-bond donors (Lipinski definition) is 3. The summed E-state index contributed by atoms with van der Waals surface area (Å²) in [5.41, 5.74) is 0. The van der Waals surface area contributed by atoms with Gasteiger partial charge in [0, 0.05) is 26.3 Å². The highest BCUT2D eigenvalue weighted by atomic mass is 16.5. The molecule has 3 N–H and O–H groups in total. The summed E-state index contributed by atoms with van der Waals surface area (Å²) in [5, 5.41) is 13.7. The molecule has 0 saturated carbocycles. The molecule has 0 radical (unpaired) electrons. The predicted octanol–water partition coefficient (Wildman–Crippen LogP) is -0.187. The first-order valence-corrected chi connectivity index (χ1v) is 6.07. The molecule has 1 fully saturated rings. The number of urea groups is 1. The zero-order valence-corrected chi connectivity index (χ0v) is 10.3. The summed E-state index contributed by atoms with van der Waals surface area (Å²) >= 11 is 0. The lowest BCUT2D eigenvalue weighted by Crippen LogP contribution is -2.40. The van der Waals surface area contributed by atoms with Gasteiger partial charge in [-0.3, -0.25) is 0 Å². The number of carbonyl (C=O) groups excluding carboxylic acids is 1. The Balaban J connectivity index is 1.94. The molecule has 0 bridgehead atoms. The zero-order chi connectivity index (χ0) is 13.2. The van der Waals surface area contributed by atoms with Gasteiger partial charge in [0.2, 0.25) is 0 Å². The normalized spacial score (nSPS) is 16.2. The van der Waals surface area contributed by atoms with E-state index < -0.39 is 5.97 Å². The third-order valence-electron chi connectivity index (χ3n) is 2.65. The molecule has 1 aliphatic heterocycles. The smallest absolute Gasteiger partial charge is 0.329 e. The largest absolute Gasteiger partial charge is 0.480 e. The highest BCUT2D eigenvalue weighted by Gasteiger charge is 2.14. The molecule has 104 valence electrons. The molecule has 0 aromatic heterocycles. The highest BCUT2D eigenvalue weighted by molar-refractivity contribution is 5.73. The van der Waals surface area contributed by atoms with Crippen LogP contribution in [-0.2, 0) is 14.3 Å². The van der Waals surface area contributed by atoms with Crippen molar-refractivity contribution in [2.45, 2.75) is 12.8 Å². The Labute approximate surface area is 106 Å². The topological polar surface area (TPSA) is 96.9 Å². The first-order valence-electron chi connectivity index (χ1n) is 6.07. The lowest BCUT2D eigenvalue weighted by Gasteiger charge is -2.22. The SMILES string of the molecule is O=C(O)COCCNC(=O)NCC1CCOCC1. The molecule has 0 atom stereocenters. The van der Waals surface area contributed by atoms with Crippen LogP contribution in [0.5, 0.6) is 0 Å². The van der Waals surface area contributed by atoms with Crippen LogP contribution in [0.1, 0.15) is 12.8 Å². The van der Waals surface area contributed by atoms with E-state index in [0.717, 1.165) is 26.1 Å². The Morgan fingerprint density at radius 2 is 2.00 bits per heavy atom. The van der Waals surface area contributed by atoms with Gasteiger partial charge >= 0.3 is 12.0 Å². The number of nitrogens with one attached hydrogen (secondary N) is 2. The molecule has 0 unspecified atom stereocenters. The van der Waals surface area contributed by atoms with Gasteiger partial charge in [-0.25, -0.2) is 9.59 Å². The molecule has 0 aromatic rings. The van der Waals surface area contributed by atoms with Crippen molar-refractivity contribution in [2.24, 2.45) is 5.92 Å². The van der Waals surface area contributed by atoms with Crippen LogP contribution in [0.3, 0.4) is 0 Å². The van der Waals surface area contributed by atoms with Gasteiger partial charge in [0.15, 0.2) is 0 Å². The molecule has 0 aliphatic carbocycles. The van der Waals surface area contributed by atoms with E-state index in [2.05, 4.69) is 10.6 Å². The van der Waals surface area contributed by atoms with Crippen molar-refractivity contribution in [1.29, 1.82) is 0 Å². The third kappa shape index (κ3) is 7.08. The summed E-state index contributed by atoms with van der Waals surface area (Å²) in [4.78, 5) is 21.5. The summed E-state index contributed by atoms with van der Waals surface area (Å²) in [5.74, 6) is -0.535. The van der Waals surface area contributed by atoms with Gasteiger partial charge < -0.3 is 25.2 Å². The van der Waals surface area contributed by atoms with Crippen molar-refractivity contribution in [1.82, 2.24) is 10.6 Å². The van der Waals surface area contributed by atoms with Gasteiger partial charge in [-0.15, -0.1) is 0 Å². The maximum Gasteiger partial charge on any atom is 0.329 e. The molecule has 1 heterocycles. The van der Waals surface area contributed by atoms with E-state index in [1.807, 2.05) is 0 Å². The van der Waals surface area contributed by atoms with Gasteiger partial charge in [-0.05, 0) is 18.8 Å². The van der Waals surface area contributed by atoms with Crippen LogP contribution in [-0.4, -0.2) is 56.6 Å². The molecule has 1 rings (SSSR count). The Kier molecular flexibility index (Phi) is 7.12. The summed E-state index contributed by atoms with van der Waals surface area (Å²) in [7, 11) is 0. The standard InChI is InChI=1S/C11H20N2O5/c14-10(15)8-18-6-3-12-11(16)13-7-9-1-4-17-5-2-9/h9H,1-8H2,(H,14,15)(H2,12,13,16). The minimum Gasteiger partial charge on any atom is -0.480 e. The average Bonchev–Trinajstić information content (AvgIpc) is 2.37. The van der Waals surface area contributed by atoms with Crippen molar-refractivity contribution in [2.75, 3.05) is 39.5 Å². The van der Waals surface area contributed by atoms with Crippen molar-refractivity contribution in [3.63, 3.8) is 0 Å². The number of ether oxygens (including phenoxy) is 2. The van der Waals surface area contributed by atoms with Gasteiger partial charge in [-0.1, -0.05) is 0 Å². The van der Waals surface area contributed by atoms with Gasteiger partial charge in [-0.2, -0.15) is 0 Å². The minimum atomic E-state index is -1.01. The van der Waals surface area contributed by atoms with Crippen LogP contribution < -0.4 is 10.6 Å². The number of carbonyl (C=O) groups is 2.